The van der Waals surface area contributed by atoms with Crippen LogP contribution in [0.1, 0.15) is 39.5 Å². The largest absolute Gasteiger partial charge is 0.422 e. The third kappa shape index (κ3) is 6.16. The number of nitriles is 2. The Balaban J connectivity index is 4.56. The van der Waals surface area contributed by atoms with Gasteiger partial charge in [-0.2, -0.15) is 10.5 Å². The SMILES string of the molecule is CCCC(C)(OC(=O)CC#N)OC(=O)CC#N. The zero-order valence-electron chi connectivity index (χ0n) is 9.86. The lowest BCUT2D eigenvalue weighted by Gasteiger charge is -2.28. The molecule has 92 valence electrons. The monoisotopic (exact) mass is 238 g/mol. The van der Waals surface area contributed by atoms with Crippen LogP contribution in [0.15, 0.2) is 0 Å². The summed E-state index contributed by atoms with van der Waals surface area (Å²) in [5.41, 5.74) is 0. The van der Waals surface area contributed by atoms with E-state index in [1.807, 2.05) is 6.92 Å². The first-order valence-electron chi connectivity index (χ1n) is 5.15. The van der Waals surface area contributed by atoms with Crippen LogP contribution in [0.5, 0.6) is 0 Å². The third-order valence-corrected chi connectivity index (χ3v) is 1.81. The molecule has 0 radical (unpaired) electrons. The second-order valence-corrected chi connectivity index (χ2v) is 3.50. The van der Waals surface area contributed by atoms with Gasteiger partial charge in [0, 0.05) is 13.3 Å². The van der Waals surface area contributed by atoms with Crippen molar-refractivity contribution >= 4 is 11.9 Å². The molecule has 0 N–H and O–H groups in total. The smallest absolute Gasteiger partial charge is 0.323 e. The van der Waals surface area contributed by atoms with E-state index in [0.717, 1.165) is 0 Å². The van der Waals surface area contributed by atoms with Gasteiger partial charge in [0.2, 0.25) is 0 Å². The second-order valence-electron chi connectivity index (χ2n) is 3.50. The fourth-order valence-corrected chi connectivity index (χ4v) is 1.26. The van der Waals surface area contributed by atoms with E-state index < -0.39 is 30.6 Å². The van der Waals surface area contributed by atoms with Crippen LogP contribution in [0.4, 0.5) is 0 Å². The van der Waals surface area contributed by atoms with Gasteiger partial charge in [0.1, 0.15) is 12.8 Å². The highest BCUT2D eigenvalue weighted by Gasteiger charge is 2.32. The lowest BCUT2D eigenvalue weighted by atomic mass is 10.2. The van der Waals surface area contributed by atoms with Crippen molar-refractivity contribution in [1.29, 1.82) is 10.5 Å². The number of nitrogens with zero attached hydrogens (tertiary/aromatic N) is 2. The average Bonchev–Trinajstić information content (AvgIpc) is 2.17. The molecule has 0 atom stereocenters. The molecule has 0 heterocycles. The van der Waals surface area contributed by atoms with E-state index in [1.54, 1.807) is 12.1 Å². The fourth-order valence-electron chi connectivity index (χ4n) is 1.26. The lowest BCUT2D eigenvalue weighted by molar-refractivity contribution is -0.223. The normalized spacial score (nSPS) is 9.88. The molecule has 6 heteroatoms. The van der Waals surface area contributed by atoms with Crippen molar-refractivity contribution in [2.45, 2.75) is 45.3 Å². The van der Waals surface area contributed by atoms with Crippen LogP contribution in [0, 0.1) is 22.7 Å². The Bertz CT molecular complexity index is 335. The first-order valence-corrected chi connectivity index (χ1v) is 5.15. The zero-order chi connectivity index (χ0) is 13.3. The summed E-state index contributed by atoms with van der Waals surface area (Å²) in [6.45, 7) is 3.26. The Kier molecular flexibility index (Phi) is 6.35. The van der Waals surface area contributed by atoms with Gasteiger partial charge in [-0.05, 0) is 6.42 Å². The van der Waals surface area contributed by atoms with Crippen LogP contribution in [0.25, 0.3) is 0 Å². The predicted octanol–water partition coefficient (Wildman–Crippen LogP) is 1.42. The molecule has 0 aromatic rings. The van der Waals surface area contributed by atoms with Gasteiger partial charge in [-0.15, -0.1) is 0 Å². The van der Waals surface area contributed by atoms with Gasteiger partial charge in [-0.1, -0.05) is 6.92 Å². The molecule has 0 saturated heterocycles. The van der Waals surface area contributed by atoms with Gasteiger partial charge < -0.3 is 9.47 Å². The molecule has 0 aromatic heterocycles. The predicted molar refractivity (Wildman–Crippen MR) is 56.0 cm³/mol. The molecule has 0 rings (SSSR count). The molecule has 17 heavy (non-hydrogen) atoms. The number of hydrogen-bond donors (Lipinski definition) is 0. The van der Waals surface area contributed by atoms with Crippen molar-refractivity contribution in [3.8, 4) is 12.1 Å². The van der Waals surface area contributed by atoms with Crippen molar-refractivity contribution in [3.05, 3.63) is 0 Å². The summed E-state index contributed by atoms with van der Waals surface area (Å²) < 4.78 is 9.84. The summed E-state index contributed by atoms with van der Waals surface area (Å²) in [4.78, 5) is 22.3. The Morgan fingerprint density at radius 1 is 1.12 bits per heavy atom. The maximum absolute atomic E-state index is 11.2. The summed E-state index contributed by atoms with van der Waals surface area (Å²) in [5.74, 6) is -2.92. The number of carbonyl (C=O) groups is 2. The summed E-state index contributed by atoms with van der Waals surface area (Å²) in [6.07, 6.45) is 0.113. The van der Waals surface area contributed by atoms with E-state index in [-0.39, 0.29) is 0 Å². The molecule has 0 spiro atoms. The molecular formula is C11H14N2O4. The summed E-state index contributed by atoms with van der Waals surface area (Å²) in [5, 5.41) is 16.7. The van der Waals surface area contributed by atoms with Crippen LogP contribution in [-0.2, 0) is 19.1 Å². The number of esters is 2. The standard InChI is InChI=1S/C11H14N2O4/c1-3-6-11(2,16-9(14)4-7-12)17-10(15)5-8-13/h3-6H2,1-2H3. The Morgan fingerprint density at radius 2 is 1.53 bits per heavy atom. The molecular weight excluding hydrogens is 224 g/mol. The van der Waals surface area contributed by atoms with Crippen molar-refractivity contribution in [2.24, 2.45) is 0 Å². The second kappa shape index (κ2) is 7.24. The fraction of sp³-hybridized carbons (Fsp3) is 0.636. The van der Waals surface area contributed by atoms with Crippen LogP contribution < -0.4 is 0 Å². The Morgan fingerprint density at radius 3 is 1.82 bits per heavy atom. The molecule has 0 aliphatic rings. The van der Waals surface area contributed by atoms with E-state index in [0.29, 0.717) is 12.8 Å². The van der Waals surface area contributed by atoms with E-state index >= 15 is 0 Å². The van der Waals surface area contributed by atoms with Crippen LogP contribution in [0.3, 0.4) is 0 Å². The molecule has 0 bridgehead atoms. The maximum atomic E-state index is 11.2. The van der Waals surface area contributed by atoms with Crippen molar-refractivity contribution in [1.82, 2.24) is 0 Å². The van der Waals surface area contributed by atoms with Crippen LogP contribution in [-0.4, -0.2) is 17.7 Å². The summed E-state index contributed by atoms with van der Waals surface area (Å²) >= 11 is 0. The third-order valence-electron chi connectivity index (χ3n) is 1.81. The molecule has 0 amide bonds. The van der Waals surface area contributed by atoms with E-state index in [2.05, 4.69) is 0 Å². The highest BCUT2D eigenvalue weighted by Crippen LogP contribution is 2.21. The first-order chi connectivity index (χ1) is 7.97. The van der Waals surface area contributed by atoms with Gasteiger partial charge in [0.25, 0.3) is 5.79 Å². The van der Waals surface area contributed by atoms with Gasteiger partial charge in [-0.25, -0.2) is 0 Å². The topological polar surface area (TPSA) is 100 Å². The Hall–Kier alpha value is -2.08. The highest BCUT2D eigenvalue weighted by atomic mass is 16.7. The number of carbonyl (C=O) groups excluding carboxylic acids is 2. The molecule has 0 aromatic carbocycles. The summed E-state index contributed by atoms with van der Waals surface area (Å²) in [6, 6.07) is 3.29. The minimum absolute atomic E-state index is 0.307. The zero-order valence-corrected chi connectivity index (χ0v) is 9.86. The lowest BCUT2D eigenvalue weighted by Crippen LogP contribution is -2.37. The maximum Gasteiger partial charge on any atom is 0.323 e. The number of hydrogen-bond acceptors (Lipinski definition) is 6. The summed E-state index contributed by atoms with van der Waals surface area (Å²) in [7, 11) is 0. The van der Waals surface area contributed by atoms with Gasteiger partial charge in [0.05, 0.1) is 12.1 Å². The van der Waals surface area contributed by atoms with Gasteiger partial charge in [0.15, 0.2) is 0 Å². The highest BCUT2D eigenvalue weighted by molar-refractivity contribution is 5.74. The molecule has 0 aliphatic heterocycles. The van der Waals surface area contributed by atoms with E-state index in [1.165, 1.54) is 6.92 Å². The number of rotatable bonds is 6. The molecule has 6 nitrogen and oxygen atoms in total. The van der Waals surface area contributed by atoms with E-state index in [9.17, 15) is 9.59 Å². The van der Waals surface area contributed by atoms with Crippen LogP contribution in [0.2, 0.25) is 0 Å². The van der Waals surface area contributed by atoms with Crippen molar-refractivity contribution in [2.75, 3.05) is 0 Å². The average molecular weight is 238 g/mol. The Labute approximate surface area is 99.7 Å². The van der Waals surface area contributed by atoms with Gasteiger partial charge in [-0.3, -0.25) is 9.59 Å². The first kappa shape index (κ1) is 14.9. The van der Waals surface area contributed by atoms with E-state index in [4.69, 9.17) is 20.0 Å². The molecule has 0 unspecified atom stereocenters. The minimum atomic E-state index is -1.41. The van der Waals surface area contributed by atoms with Crippen molar-refractivity contribution in [3.63, 3.8) is 0 Å². The molecule has 0 saturated carbocycles. The van der Waals surface area contributed by atoms with Gasteiger partial charge >= 0.3 is 11.9 Å². The quantitative estimate of drug-likeness (QED) is 0.512. The molecule has 0 fully saturated rings. The van der Waals surface area contributed by atoms with Crippen molar-refractivity contribution < 1.29 is 19.1 Å². The number of ether oxygens (including phenoxy) is 2. The van der Waals surface area contributed by atoms with Crippen LogP contribution >= 0.6 is 0 Å². The molecule has 0 aliphatic carbocycles. The minimum Gasteiger partial charge on any atom is -0.422 e.